The van der Waals surface area contributed by atoms with E-state index < -0.39 is 5.91 Å². The number of ketones is 1. The highest BCUT2D eigenvalue weighted by Gasteiger charge is 2.41. The molecule has 134 valence electrons. The van der Waals surface area contributed by atoms with Crippen LogP contribution in [0, 0.1) is 17.8 Å². The Bertz CT molecular complexity index is 656. The molecule has 2 bridgehead atoms. The lowest BCUT2D eigenvalue weighted by molar-refractivity contribution is -0.155. The van der Waals surface area contributed by atoms with Crippen LogP contribution in [0.5, 0.6) is 5.75 Å². The van der Waals surface area contributed by atoms with Crippen molar-refractivity contribution in [3.63, 3.8) is 0 Å². The average molecular weight is 345 g/mol. The highest BCUT2D eigenvalue weighted by atomic mass is 16.5. The Balaban J connectivity index is 1.50. The Hall–Kier alpha value is -2.37. The van der Waals surface area contributed by atoms with Gasteiger partial charge in [0.05, 0.1) is 18.7 Å². The van der Waals surface area contributed by atoms with Gasteiger partial charge < -0.3 is 14.8 Å². The fraction of sp³-hybridized carbons (Fsp3) is 0.526. The molecule has 0 saturated heterocycles. The van der Waals surface area contributed by atoms with Gasteiger partial charge in [-0.05, 0) is 37.8 Å². The van der Waals surface area contributed by atoms with Gasteiger partial charge in [-0.15, -0.1) is 0 Å². The number of esters is 1. The predicted molar refractivity (Wildman–Crippen MR) is 91.1 cm³/mol. The number of methoxy groups -OCH3 is 1. The summed E-state index contributed by atoms with van der Waals surface area (Å²) in [4.78, 5) is 36.4. The van der Waals surface area contributed by atoms with Crippen LogP contribution in [0.4, 0.5) is 5.69 Å². The van der Waals surface area contributed by atoms with Crippen molar-refractivity contribution in [2.24, 2.45) is 17.8 Å². The first kappa shape index (κ1) is 17.5. The SMILES string of the molecule is COc1ccccc1NC(=O)COC(=O)C1C[C@H]2CCC[C@@H](C1)C2=O. The molecule has 1 N–H and O–H groups in total. The van der Waals surface area contributed by atoms with Gasteiger partial charge in [-0.2, -0.15) is 0 Å². The highest BCUT2D eigenvalue weighted by Crippen LogP contribution is 2.40. The topological polar surface area (TPSA) is 81.7 Å². The number of carbonyl (C=O) groups is 3. The highest BCUT2D eigenvalue weighted by molar-refractivity contribution is 5.94. The Labute approximate surface area is 146 Å². The summed E-state index contributed by atoms with van der Waals surface area (Å²) in [5, 5.41) is 2.67. The van der Waals surface area contributed by atoms with E-state index in [1.54, 1.807) is 24.3 Å². The fourth-order valence-corrected chi connectivity index (χ4v) is 3.86. The molecule has 0 spiro atoms. The molecule has 0 aliphatic heterocycles. The lowest BCUT2D eigenvalue weighted by atomic mass is 9.67. The Morgan fingerprint density at radius 1 is 1.16 bits per heavy atom. The van der Waals surface area contributed by atoms with E-state index in [4.69, 9.17) is 9.47 Å². The largest absolute Gasteiger partial charge is 0.495 e. The fourth-order valence-electron chi connectivity index (χ4n) is 3.86. The number of ether oxygens (including phenoxy) is 2. The van der Waals surface area contributed by atoms with Crippen molar-refractivity contribution in [2.45, 2.75) is 32.1 Å². The number of rotatable bonds is 5. The zero-order valence-electron chi connectivity index (χ0n) is 14.3. The van der Waals surface area contributed by atoms with Crippen molar-refractivity contribution in [3.8, 4) is 5.75 Å². The average Bonchev–Trinajstić information content (AvgIpc) is 2.60. The van der Waals surface area contributed by atoms with Crippen molar-refractivity contribution >= 4 is 23.3 Å². The molecule has 2 saturated carbocycles. The summed E-state index contributed by atoms with van der Waals surface area (Å²) in [5.74, 6) is -0.221. The lowest BCUT2D eigenvalue weighted by Crippen LogP contribution is -2.40. The molecule has 1 amide bonds. The first-order valence-corrected chi connectivity index (χ1v) is 8.71. The first-order valence-electron chi connectivity index (χ1n) is 8.71. The van der Waals surface area contributed by atoms with Crippen LogP contribution in [0.15, 0.2) is 24.3 Å². The number of carbonyl (C=O) groups excluding carboxylic acids is 3. The summed E-state index contributed by atoms with van der Waals surface area (Å²) in [5.41, 5.74) is 0.531. The van der Waals surface area contributed by atoms with Crippen LogP contribution < -0.4 is 10.1 Å². The van der Waals surface area contributed by atoms with Gasteiger partial charge in [0.15, 0.2) is 6.61 Å². The molecule has 6 heteroatoms. The van der Waals surface area contributed by atoms with Crippen molar-refractivity contribution < 1.29 is 23.9 Å². The third kappa shape index (κ3) is 4.00. The van der Waals surface area contributed by atoms with Crippen molar-refractivity contribution in [1.29, 1.82) is 0 Å². The maximum Gasteiger partial charge on any atom is 0.309 e. The number of benzene rings is 1. The molecule has 3 atom stereocenters. The number of amides is 1. The van der Waals surface area contributed by atoms with E-state index in [9.17, 15) is 14.4 Å². The van der Waals surface area contributed by atoms with Crippen LogP contribution in [0.3, 0.4) is 0 Å². The van der Waals surface area contributed by atoms with Crippen LogP contribution in [0.25, 0.3) is 0 Å². The van der Waals surface area contributed by atoms with E-state index in [0.29, 0.717) is 30.1 Å². The van der Waals surface area contributed by atoms with Crippen molar-refractivity contribution in [3.05, 3.63) is 24.3 Å². The van der Waals surface area contributed by atoms with Gasteiger partial charge >= 0.3 is 5.97 Å². The van der Waals surface area contributed by atoms with E-state index in [0.717, 1.165) is 19.3 Å². The summed E-state index contributed by atoms with van der Waals surface area (Å²) >= 11 is 0. The van der Waals surface area contributed by atoms with Gasteiger partial charge in [-0.25, -0.2) is 0 Å². The molecule has 0 aromatic heterocycles. The van der Waals surface area contributed by atoms with E-state index in [1.807, 2.05) is 0 Å². The first-order chi connectivity index (χ1) is 12.1. The third-order valence-corrected chi connectivity index (χ3v) is 5.11. The van der Waals surface area contributed by atoms with Gasteiger partial charge in [0.2, 0.25) is 0 Å². The molecule has 2 aliphatic rings. The second kappa shape index (κ2) is 7.68. The van der Waals surface area contributed by atoms with E-state index >= 15 is 0 Å². The normalized spacial score (nSPS) is 25.2. The summed E-state index contributed by atoms with van der Waals surface area (Å²) in [7, 11) is 1.52. The predicted octanol–water partition coefficient (Wildman–Crippen LogP) is 2.57. The van der Waals surface area contributed by atoms with Crippen LogP contribution in [0.1, 0.15) is 32.1 Å². The maximum absolute atomic E-state index is 12.3. The number of nitrogens with one attached hydrogen (secondary N) is 1. The maximum atomic E-state index is 12.3. The van der Waals surface area contributed by atoms with Crippen LogP contribution in [0.2, 0.25) is 0 Å². The zero-order valence-corrected chi connectivity index (χ0v) is 14.3. The number of anilines is 1. The van der Waals surface area contributed by atoms with Crippen molar-refractivity contribution in [1.82, 2.24) is 0 Å². The van der Waals surface area contributed by atoms with E-state index in [1.165, 1.54) is 7.11 Å². The molecule has 0 heterocycles. The van der Waals surface area contributed by atoms with Gasteiger partial charge in [-0.3, -0.25) is 14.4 Å². The minimum absolute atomic E-state index is 0.00698. The monoisotopic (exact) mass is 345 g/mol. The molecular weight excluding hydrogens is 322 g/mol. The minimum Gasteiger partial charge on any atom is -0.495 e. The van der Waals surface area contributed by atoms with E-state index in [2.05, 4.69) is 5.32 Å². The Morgan fingerprint density at radius 2 is 1.84 bits per heavy atom. The number of hydrogen-bond acceptors (Lipinski definition) is 5. The van der Waals surface area contributed by atoms with Crippen LogP contribution in [-0.2, 0) is 19.1 Å². The minimum atomic E-state index is -0.412. The standard InChI is InChI=1S/C19H23NO5/c1-24-16-8-3-2-7-15(16)20-17(21)11-25-19(23)14-9-12-5-4-6-13(10-14)18(12)22/h2-3,7-8,12-14H,4-6,9-11H2,1H3,(H,20,21)/t12-,13+,14?. The van der Waals surface area contributed by atoms with Gasteiger partial charge in [0, 0.05) is 11.8 Å². The number of hydrogen-bond donors (Lipinski definition) is 1. The molecule has 1 unspecified atom stereocenters. The summed E-state index contributed by atoms with van der Waals surface area (Å²) in [6.07, 6.45) is 3.91. The molecule has 3 rings (SSSR count). The Kier molecular flexibility index (Phi) is 5.36. The molecule has 2 aliphatic carbocycles. The second-order valence-corrected chi connectivity index (χ2v) is 6.75. The van der Waals surface area contributed by atoms with Gasteiger partial charge in [0.25, 0.3) is 5.91 Å². The van der Waals surface area contributed by atoms with Crippen LogP contribution >= 0.6 is 0 Å². The lowest BCUT2D eigenvalue weighted by Gasteiger charge is -2.36. The van der Waals surface area contributed by atoms with Gasteiger partial charge in [-0.1, -0.05) is 18.6 Å². The smallest absolute Gasteiger partial charge is 0.309 e. The molecule has 25 heavy (non-hydrogen) atoms. The summed E-state index contributed by atoms with van der Waals surface area (Å²) < 4.78 is 10.4. The number of para-hydroxylation sites is 2. The molecule has 0 radical (unpaired) electrons. The second-order valence-electron chi connectivity index (χ2n) is 6.75. The van der Waals surface area contributed by atoms with Gasteiger partial charge in [0.1, 0.15) is 11.5 Å². The number of Topliss-reactive ketones (excluding diaryl/α,β-unsaturated/α-hetero) is 1. The molecule has 6 nitrogen and oxygen atoms in total. The molecule has 1 aromatic rings. The summed E-state index contributed by atoms with van der Waals surface area (Å²) in [6, 6.07) is 7.03. The van der Waals surface area contributed by atoms with Crippen LogP contribution in [-0.4, -0.2) is 31.4 Å². The molecular formula is C19H23NO5. The molecule has 2 fully saturated rings. The quantitative estimate of drug-likeness (QED) is 0.830. The number of fused-ring (bicyclic) bond motifs is 2. The third-order valence-electron chi connectivity index (χ3n) is 5.11. The zero-order chi connectivity index (χ0) is 17.8. The Morgan fingerprint density at radius 3 is 2.52 bits per heavy atom. The van der Waals surface area contributed by atoms with E-state index in [-0.39, 0.29) is 30.3 Å². The summed E-state index contributed by atoms with van der Waals surface area (Å²) in [6.45, 7) is -0.337. The molecule has 1 aromatic carbocycles. The van der Waals surface area contributed by atoms with Crippen molar-refractivity contribution in [2.75, 3.05) is 19.0 Å².